The minimum Gasteiger partial charge on any atom is -0.382 e. The first-order valence-corrected chi connectivity index (χ1v) is 7.67. The van der Waals surface area contributed by atoms with Gasteiger partial charge in [-0.2, -0.15) is 0 Å². The maximum absolute atomic E-state index is 11.8. The Morgan fingerprint density at radius 3 is 2.74 bits per heavy atom. The van der Waals surface area contributed by atoms with Crippen LogP contribution in [0.2, 0.25) is 5.02 Å². The van der Waals surface area contributed by atoms with Crippen molar-refractivity contribution < 1.29 is 9.53 Å². The largest absolute Gasteiger partial charge is 0.382 e. The third-order valence-corrected chi connectivity index (χ3v) is 3.83. The molecule has 1 atom stereocenters. The van der Waals surface area contributed by atoms with Gasteiger partial charge >= 0.3 is 0 Å². The first-order valence-electron chi connectivity index (χ1n) is 6.41. The number of benzene rings is 1. The Morgan fingerprint density at radius 2 is 2.11 bits per heavy atom. The number of carbonyl (C=O) groups excluding carboxylic acids is 1. The predicted octanol–water partition coefficient (Wildman–Crippen LogP) is 3.36. The summed E-state index contributed by atoms with van der Waals surface area (Å²) < 4.78 is 5.21. The van der Waals surface area contributed by atoms with Crippen LogP contribution in [0.4, 0.5) is 0 Å². The summed E-state index contributed by atoms with van der Waals surface area (Å²) in [5.41, 5.74) is 0. The Morgan fingerprint density at radius 1 is 1.42 bits per heavy atom. The van der Waals surface area contributed by atoms with Gasteiger partial charge in [0.2, 0.25) is 5.91 Å². The molecule has 0 unspecified atom stereocenters. The van der Waals surface area contributed by atoms with Crippen LogP contribution in [-0.2, 0) is 9.53 Å². The summed E-state index contributed by atoms with van der Waals surface area (Å²) in [5.74, 6) is 0.0523. The van der Waals surface area contributed by atoms with E-state index in [1.54, 1.807) is 0 Å². The van der Waals surface area contributed by atoms with Gasteiger partial charge in [0.15, 0.2) is 0 Å². The number of rotatable bonds is 8. The second-order valence-electron chi connectivity index (χ2n) is 4.06. The van der Waals surface area contributed by atoms with Gasteiger partial charge in [0, 0.05) is 29.7 Å². The Hall–Kier alpha value is -0.710. The van der Waals surface area contributed by atoms with Crippen LogP contribution in [-0.4, -0.2) is 30.9 Å². The summed E-state index contributed by atoms with van der Waals surface area (Å²) in [5, 5.41) is 3.50. The third kappa shape index (κ3) is 6.85. The Labute approximate surface area is 124 Å². The number of thioether (sulfide) groups is 1. The molecule has 3 nitrogen and oxygen atoms in total. The van der Waals surface area contributed by atoms with E-state index < -0.39 is 0 Å². The summed E-state index contributed by atoms with van der Waals surface area (Å²) in [4.78, 5) is 12.9. The molecule has 5 heteroatoms. The molecule has 0 saturated carbocycles. The summed E-state index contributed by atoms with van der Waals surface area (Å²) in [6, 6.07) is 7.50. The quantitative estimate of drug-likeness (QED) is 0.591. The maximum Gasteiger partial charge on any atom is 0.233 e. The third-order valence-electron chi connectivity index (χ3n) is 2.46. The molecule has 0 bridgehead atoms. The summed E-state index contributed by atoms with van der Waals surface area (Å²) >= 11 is 7.35. The van der Waals surface area contributed by atoms with Gasteiger partial charge < -0.3 is 10.1 Å². The van der Waals surface area contributed by atoms with Crippen molar-refractivity contribution in [2.75, 3.05) is 19.8 Å². The lowest BCUT2D eigenvalue weighted by molar-refractivity contribution is -0.120. The molecular weight excluding hydrogens is 282 g/mol. The molecule has 1 N–H and O–H groups in total. The SMILES string of the molecule is CCOCCCNC(=O)[C@H](C)Sc1ccc(Cl)cc1. The highest BCUT2D eigenvalue weighted by molar-refractivity contribution is 8.00. The molecule has 1 rings (SSSR count). The minimum absolute atomic E-state index is 0.0523. The van der Waals surface area contributed by atoms with E-state index in [2.05, 4.69) is 5.32 Å². The van der Waals surface area contributed by atoms with Crippen molar-refractivity contribution >= 4 is 29.3 Å². The van der Waals surface area contributed by atoms with Gasteiger partial charge in [-0.25, -0.2) is 0 Å². The van der Waals surface area contributed by atoms with Gasteiger partial charge in [-0.3, -0.25) is 4.79 Å². The fourth-order valence-electron chi connectivity index (χ4n) is 1.44. The molecule has 19 heavy (non-hydrogen) atoms. The lowest BCUT2D eigenvalue weighted by Gasteiger charge is -2.12. The van der Waals surface area contributed by atoms with Crippen LogP contribution in [0.5, 0.6) is 0 Å². The van der Waals surface area contributed by atoms with Gasteiger partial charge in [0.25, 0.3) is 0 Å². The van der Waals surface area contributed by atoms with E-state index in [4.69, 9.17) is 16.3 Å². The molecule has 1 amide bonds. The van der Waals surface area contributed by atoms with Crippen molar-refractivity contribution in [1.82, 2.24) is 5.32 Å². The average molecular weight is 302 g/mol. The van der Waals surface area contributed by atoms with Crippen molar-refractivity contribution in [3.05, 3.63) is 29.3 Å². The number of hydrogen-bond donors (Lipinski definition) is 1. The monoisotopic (exact) mass is 301 g/mol. The molecule has 0 aliphatic carbocycles. The molecule has 1 aromatic rings. The van der Waals surface area contributed by atoms with Gasteiger partial charge in [0.05, 0.1) is 5.25 Å². The number of nitrogens with one attached hydrogen (secondary N) is 1. The fourth-order valence-corrected chi connectivity index (χ4v) is 2.46. The molecule has 0 radical (unpaired) electrons. The predicted molar refractivity (Wildman–Crippen MR) is 80.9 cm³/mol. The average Bonchev–Trinajstić information content (AvgIpc) is 2.41. The van der Waals surface area contributed by atoms with Crippen molar-refractivity contribution in [3.8, 4) is 0 Å². The second kappa shape index (κ2) is 9.23. The molecule has 106 valence electrons. The zero-order valence-corrected chi connectivity index (χ0v) is 12.9. The Kier molecular flexibility index (Phi) is 7.94. The first kappa shape index (κ1) is 16.3. The van der Waals surface area contributed by atoms with Crippen LogP contribution < -0.4 is 5.32 Å². The number of amides is 1. The highest BCUT2D eigenvalue weighted by Crippen LogP contribution is 2.24. The number of ether oxygens (including phenoxy) is 1. The van der Waals surface area contributed by atoms with Crippen LogP contribution >= 0.6 is 23.4 Å². The van der Waals surface area contributed by atoms with Crippen LogP contribution in [0, 0.1) is 0 Å². The molecule has 0 saturated heterocycles. The van der Waals surface area contributed by atoms with Crippen LogP contribution in [0.1, 0.15) is 20.3 Å². The van der Waals surface area contributed by atoms with Crippen LogP contribution in [0.3, 0.4) is 0 Å². The normalized spacial score (nSPS) is 12.2. The topological polar surface area (TPSA) is 38.3 Å². The molecule has 1 aromatic carbocycles. The molecular formula is C14H20ClNO2S. The van der Waals surface area contributed by atoms with Crippen molar-refractivity contribution in [2.24, 2.45) is 0 Å². The van der Waals surface area contributed by atoms with Crippen molar-refractivity contribution in [3.63, 3.8) is 0 Å². The van der Waals surface area contributed by atoms with E-state index in [0.29, 0.717) is 18.2 Å². The van der Waals surface area contributed by atoms with E-state index >= 15 is 0 Å². The maximum atomic E-state index is 11.8. The lowest BCUT2D eigenvalue weighted by atomic mass is 10.4. The molecule has 0 aromatic heterocycles. The number of hydrogen-bond acceptors (Lipinski definition) is 3. The van der Waals surface area contributed by atoms with E-state index in [9.17, 15) is 4.79 Å². The second-order valence-corrected chi connectivity index (χ2v) is 5.91. The van der Waals surface area contributed by atoms with E-state index in [0.717, 1.165) is 17.9 Å². The summed E-state index contributed by atoms with van der Waals surface area (Å²) in [6.45, 7) is 5.93. The van der Waals surface area contributed by atoms with Gasteiger partial charge in [-0.1, -0.05) is 11.6 Å². The minimum atomic E-state index is -0.117. The van der Waals surface area contributed by atoms with E-state index in [1.165, 1.54) is 11.8 Å². The smallest absolute Gasteiger partial charge is 0.233 e. The molecule has 0 aliphatic rings. The number of carbonyl (C=O) groups is 1. The lowest BCUT2D eigenvalue weighted by Crippen LogP contribution is -2.32. The zero-order valence-electron chi connectivity index (χ0n) is 11.3. The van der Waals surface area contributed by atoms with E-state index in [1.807, 2.05) is 38.1 Å². The highest BCUT2D eigenvalue weighted by Gasteiger charge is 2.13. The fraction of sp³-hybridized carbons (Fsp3) is 0.500. The van der Waals surface area contributed by atoms with Crippen molar-refractivity contribution in [1.29, 1.82) is 0 Å². The molecule has 0 heterocycles. The van der Waals surface area contributed by atoms with Gasteiger partial charge in [0.1, 0.15) is 0 Å². The number of halogens is 1. The summed E-state index contributed by atoms with van der Waals surface area (Å²) in [6.07, 6.45) is 0.845. The zero-order chi connectivity index (χ0) is 14.1. The Bertz CT molecular complexity index is 384. The van der Waals surface area contributed by atoms with Gasteiger partial charge in [-0.15, -0.1) is 11.8 Å². The highest BCUT2D eigenvalue weighted by atomic mass is 35.5. The van der Waals surface area contributed by atoms with Crippen LogP contribution in [0.25, 0.3) is 0 Å². The first-order chi connectivity index (χ1) is 9.13. The molecule has 0 fully saturated rings. The van der Waals surface area contributed by atoms with E-state index in [-0.39, 0.29) is 11.2 Å². The van der Waals surface area contributed by atoms with Gasteiger partial charge in [-0.05, 0) is 44.5 Å². The van der Waals surface area contributed by atoms with Crippen LogP contribution in [0.15, 0.2) is 29.2 Å². The Balaban J connectivity index is 2.26. The standard InChI is InChI=1S/C14H20ClNO2S/c1-3-18-10-4-9-16-14(17)11(2)19-13-7-5-12(15)6-8-13/h5-8,11H,3-4,9-10H2,1-2H3,(H,16,17)/t11-/m0/s1. The summed E-state index contributed by atoms with van der Waals surface area (Å²) in [7, 11) is 0. The van der Waals surface area contributed by atoms with Crippen molar-refractivity contribution in [2.45, 2.75) is 30.4 Å². The molecule has 0 spiro atoms. The molecule has 0 aliphatic heterocycles.